The van der Waals surface area contributed by atoms with Crippen LogP contribution in [0, 0.1) is 0 Å². The minimum Gasteiger partial charge on any atom is -0.332 e. The maximum atomic E-state index is 4.30. The molecule has 1 saturated carbocycles. The highest BCUT2D eigenvalue weighted by Gasteiger charge is 2.42. The van der Waals surface area contributed by atoms with Gasteiger partial charge >= 0.3 is 0 Å². The predicted molar refractivity (Wildman–Crippen MR) is 69.8 cm³/mol. The van der Waals surface area contributed by atoms with Crippen LogP contribution in [0.2, 0.25) is 0 Å². The highest BCUT2D eigenvalue weighted by atomic mass is 32.2. The number of hydrogen-bond donors (Lipinski definition) is 1. The third-order valence-electron chi connectivity index (χ3n) is 3.68. The van der Waals surface area contributed by atoms with Crippen LogP contribution in [0.4, 0.5) is 0 Å². The van der Waals surface area contributed by atoms with Crippen LogP contribution in [0.1, 0.15) is 32.4 Å². The van der Waals surface area contributed by atoms with Crippen molar-refractivity contribution in [3.63, 3.8) is 0 Å². The summed E-state index contributed by atoms with van der Waals surface area (Å²) in [7, 11) is 2.00. The molecule has 0 spiro atoms. The van der Waals surface area contributed by atoms with Gasteiger partial charge in [-0.1, -0.05) is 0 Å². The Labute approximate surface area is 102 Å². The Bertz CT molecular complexity index is 366. The van der Waals surface area contributed by atoms with E-state index >= 15 is 0 Å². The Morgan fingerprint density at radius 1 is 1.56 bits per heavy atom. The van der Waals surface area contributed by atoms with E-state index in [1.807, 2.05) is 31.3 Å². The predicted octanol–water partition coefficient (Wildman–Crippen LogP) is 2.23. The molecule has 0 aromatic carbocycles. The maximum absolute atomic E-state index is 4.30. The van der Waals surface area contributed by atoms with Gasteiger partial charge in [-0.25, -0.2) is 4.98 Å². The van der Waals surface area contributed by atoms with Crippen LogP contribution in [0.15, 0.2) is 12.5 Å². The van der Waals surface area contributed by atoms with Crippen LogP contribution in [-0.2, 0) is 12.1 Å². The summed E-state index contributed by atoms with van der Waals surface area (Å²) in [5.41, 5.74) is 1.26. The topological polar surface area (TPSA) is 29.9 Å². The van der Waals surface area contributed by atoms with Gasteiger partial charge < -0.3 is 9.88 Å². The molecule has 0 radical (unpaired) electrons. The lowest BCUT2D eigenvalue weighted by atomic mass is 10.0. The maximum Gasteiger partial charge on any atom is 0.0949 e. The van der Waals surface area contributed by atoms with Gasteiger partial charge in [-0.05, 0) is 40.0 Å². The number of rotatable bonds is 5. The van der Waals surface area contributed by atoms with E-state index in [-0.39, 0.29) is 5.54 Å². The van der Waals surface area contributed by atoms with Crippen LogP contribution in [-0.4, -0.2) is 27.6 Å². The number of nitrogens with zero attached hydrogens (tertiary/aromatic N) is 2. The lowest BCUT2D eigenvalue weighted by Gasteiger charge is -2.26. The SMILES string of the molecule is CNC(C)(C)c1cncn1CC1(SC)CC1. The van der Waals surface area contributed by atoms with Crippen LogP contribution < -0.4 is 5.32 Å². The van der Waals surface area contributed by atoms with Crippen molar-refractivity contribution in [2.45, 2.75) is 43.5 Å². The summed E-state index contributed by atoms with van der Waals surface area (Å²) in [6.07, 6.45) is 8.84. The molecule has 0 aliphatic heterocycles. The van der Waals surface area contributed by atoms with Crippen molar-refractivity contribution in [3.05, 3.63) is 18.2 Å². The summed E-state index contributed by atoms with van der Waals surface area (Å²) in [5, 5.41) is 3.34. The fourth-order valence-corrected chi connectivity index (χ4v) is 2.75. The Morgan fingerprint density at radius 3 is 2.75 bits per heavy atom. The molecule has 16 heavy (non-hydrogen) atoms. The molecule has 0 saturated heterocycles. The third kappa shape index (κ3) is 2.13. The molecule has 0 atom stereocenters. The number of imidazole rings is 1. The fourth-order valence-electron chi connectivity index (χ4n) is 1.97. The van der Waals surface area contributed by atoms with E-state index in [0.29, 0.717) is 4.75 Å². The normalized spacial score (nSPS) is 18.8. The number of thioether (sulfide) groups is 1. The Hall–Kier alpha value is -0.480. The van der Waals surface area contributed by atoms with Gasteiger partial charge in [0, 0.05) is 17.5 Å². The lowest BCUT2D eigenvalue weighted by Crippen LogP contribution is -2.36. The van der Waals surface area contributed by atoms with Crippen molar-refractivity contribution < 1.29 is 0 Å². The average molecular weight is 239 g/mol. The monoisotopic (exact) mass is 239 g/mol. The summed E-state index contributed by atoms with van der Waals surface area (Å²) >= 11 is 1.99. The molecule has 1 aliphatic carbocycles. The Morgan fingerprint density at radius 2 is 2.25 bits per heavy atom. The number of hydrogen-bond acceptors (Lipinski definition) is 3. The van der Waals surface area contributed by atoms with Crippen LogP contribution >= 0.6 is 11.8 Å². The molecule has 1 aromatic rings. The molecular formula is C12H21N3S. The first kappa shape index (κ1) is 12.0. The molecule has 3 nitrogen and oxygen atoms in total. The molecule has 1 N–H and O–H groups in total. The van der Waals surface area contributed by atoms with E-state index in [4.69, 9.17) is 0 Å². The second-order valence-corrected chi connectivity index (χ2v) is 6.44. The van der Waals surface area contributed by atoms with Crippen LogP contribution in [0.3, 0.4) is 0 Å². The van der Waals surface area contributed by atoms with Gasteiger partial charge in [0.05, 0.1) is 17.6 Å². The van der Waals surface area contributed by atoms with Gasteiger partial charge in [-0.2, -0.15) is 11.8 Å². The molecule has 2 rings (SSSR count). The zero-order valence-electron chi connectivity index (χ0n) is 10.6. The highest BCUT2D eigenvalue weighted by molar-refractivity contribution is 8.00. The first-order valence-electron chi connectivity index (χ1n) is 5.78. The molecule has 1 heterocycles. The molecule has 1 aromatic heterocycles. The van der Waals surface area contributed by atoms with Gasteiger partial charge in [-0.3, -0.25) is 0 Å². The van der Waals surface area contributed by atoms with Crippen LogP contribution in [0.5, 0.6) is 0 Å². The zero-order chi connectivity index (χ0) is 11.8. The summed E-state index contributed by atoms with van der Waals surface area (Å²) < 4.78 is 2.79. The summed E-state index contributed by atoms with van der Waals surface area (Å²) in [6, 6.07) is 0. The molecule has 1 aliphatic rings. The standard InChI is InChI=1S/C12H21N3S/c1-11(2,13-3)10-7-14-9-15(10)8-12(16-4)5-6-12/h7,9,13H,5-6,8H2,1-4H3. The summed E-state index contributed by atoms with van der Waals surface area (Å²) in [5.74, 6) is 0. The molecule has 90 valence electrons. The Balaban J connectivity index is 2.20. The molecule has 0 unspecified atom stereocenters. The smallest absolute Gasteiger partial charge is 0.0949 e. The summed E-state index contributed by atoms with van der Waals surface area (Å²) in [4.78, 5) is 4.30. The number of nitrogens with one attached hydrogen (secondary N) is 1. The van der Waals surface area contributed by atoms with E-state index < -0.39 is 0 Å². The molecular weight excluding hydrogens is 218 g/mol. The van der Waals surface area contributed by atoms with Gasteiger partial charge in [0.25, 0.3) is 0 Å². The van der Waals surface area contributed by atoms with E-state index in [2.05, 4.69) is 35.0 Å². The van der Waals surface area contributed by atoms with Crippen molar-refractivity contribution >= 4 is 11.8 Å². The minimum absolute atomic E-state index is 0.00894. The average Bonchev–Trinajstić information content (AvgIpc) is 2.88. The first-order chi connectivity index (χ1) is 7.53. The molecule has 0 bridgehead atoms. The summed E-state index contributed by atoms with van der Waals surface area (Å²) in [6.45, 7) is 5.48. The van der Waals surface area contributed by atoms with E-state index in [1.165, 1.54) is 18.5 Å². The van der Waals surface area contributed by atoms with Crippen molar-refractivity contribution in [2.24, 2.45) is 0 Å². The van der Waals surface area contributed by atoms with Crippen LogP contribution in [0.25, 0.3) is 0 Å². The first-order valence-corrected chi connectivity index (χ1v) is 7.00. The largest absolute Gasteiger partial charge is 0.332 e. The van der Waals surface area contributed by atoms with Gasteiger partial charge in [0.2, 0.25) is 0 Å². The molecule has 1 fully saturated rings. The van der Waals surface area contributed by atoms with Crippen molar-refractivity contribution in [3.8, 4) is 0 Å². The van der Waals surface area contributed by atoms with Crippen molar-refractivity contribution in [1.82, 2.24) is 14.9 Å². The van der Waals surface area contributed by atoms with E-state index in [0.717, 1.165) is 6.54 Å². The second kappa shape index (κ2) is 4.08. The fraction of sp³-hybridized carbons (Fsp3) is 0.750. The van der Waals surface area contributed by atoms with Gasteiger partial charge in [0.15, 0.2) is 0 Å². The third-order valence-corrected chi connectivity index (χ3v) is 5.08. The lowest BCUT2D eigenvalue weighted by molar-refractivity contribution is 0.406. The molecule has 4 heteroatoms. The van der Waals surface area contributed by atoms with Gasteiger partial charge in [-0.15, -0.1) is 0 Å². The van der Waals surface area contributed by atoms with E-state index in [9.17, 15) is 0 Å². The number of aromatic nitrogens is 2. The highest BCUT2D eigenvalue weighted by Crippen LogP contribution is 2.48. The minimum atomic E-state index is -0.00894. The Kier molecular flexibility index (Phi) is 3.05. The van der Waals surface area contributed by atoms with Crippen molar-refractivity contribution in [2.75, 3.05) is 13.3 Å². The zero-order valence-corrected chi connectivity index (χ0v) is 11.4. The van der Waals surface area contributed by atoms with Crippen molar-refractivity contribution in [1.29, 1.82) is 0 Å². The van der Waals surface area contributed by atoms with E-state index in [1.54, 1.807) is 0 Å². The van der Waals surface area contributed by atoms with Gasteiger partial charge in [0.1, 0.15) is 0 Å². The quantitative estimate of drug-likeness (QED) is 0.854. The second-order valence-electron chi connectivity index (χ2n) is 5.17. The molecule has 0 amide bonds.